The van der Waals surface area contributed by atoms with Crippen molar-refractivity contribution in [2.75, 3.05) is 5.43 Å². The number of hydrogen-bond donors (Lipinski definition) is 1. The molecule has 0 unspecified atom stereocenters. The van der Waals surface area contributed by atoms with Crippen LogP contribution in [-0.2, 0) is 20.6 Å². The molecular formula is C17H19N7O4. The molecule has 11 heteroatoms. The molecule has 1 aromatic carbocycles. The van der Waals surface area contributed by atoms with Crippen molar-refractivity contribution < 1.29 is 4.92 Å². The lowest BCUT2D eigenvalue weighted by molar-refractivity contribution is -0.384. The third-order valence-corrected chi connectivity index (χ3v) is 4.48. The summed E-state index contributed by atoms with van der Waals surface area (Å²) in [6, 6.07) is 5.99. The SMILES string of the molecule is CCn1c(N/N=C(\C)c2ccc([N+](=O)[O-])cc2)nc2c1c(=O)n(C)c(=O)n2C. The van der Waals surface area contributed by atoms with Gasteiger partial charge in [-0.25, -0.2) is 10.2 Å². The lowest BCUT2D eigenvalue weighted by Gasteiger charge is -2.07. The number of nitrogens with zero attached hydrogens (tertiary/aromatic N) is 6. The molecule has 0 aliphatic carbocycles. The summed E-state index contributed by atoms with van der Waals surface area (Å²) in [5, 5.41) is 15.0. The quantitative estimate of drug-likeness (QED) is 0.399. The molecule has 3 rings (SSSR count). The predicted molar refractivity (Wildman–Crippen MR) is 105 cm³/mol. The fourth-order valence-corrected chi connectivity index (χ4v) is 2.86. The first-order valence-corrected chi connectivity index (χ1v) is 8.47. The average molecular weight is 385 g/mol. The number of nitro groups is 1. The van der Waals surface area contributed by atoms with E-state index in [2.05, 4.69) is 15.5 Å². The van der Waals surface area contributed by atoms with Crippen LogP contribution in [0.5, 0.6) is 0 Å². The number of nitrogens with one attached hydrogen (secondary N) is 1. The Bertz CT molecular complexity index is 1220. The summed E-state index contributed by atoms with van der Waals surface area (Å²) in [6.45, 7) is 4.03. The normalized spacial score (nSPS) is 11.8. The van der Waals surface area contributed by atoms with Crippen LogP contribution in [0.3, 0.4) is 0 Å². The molecule has 0 saturated carbocycles. The van der Waals surface area contributed by atoms with E-state index >= 15 is 0 Å². The van der Waals surface area contributed by atoms with Crippen molar-refractivity contribution in [3.8, 4) is 0 Å². The maximum atomic E-state index is 12.5. The van der Waals surface area contributed by atoms with E-state index in [1.807, 2.05) is 6.92 Å². The lowest BCUT2D eigenvalue weighted by atomic mass is 10.1. The van der Waals surface area contributed by atoms with E-state index in [1.54, 1.807) is 30.7 Å². The van der Waals surface area contributed by atoms with Crippen molar-refractivity contribution in [3.63, 3.8) is 0 Å². The summed E-state index contributed by atoms with van der Waals surface area (Å²) in [4.78, 5) is 39.3. The molecule has 0 spiro atoms. The van der Waals surface area contributed by atoms with Crippen molar-refractivity contribution in [3.05, 3.63) is 60.8 Å². The van der Waals surface area contributed by atoms with Gasteiger partial charge in [0.2, 0.25) is 5.95 Å². The van der Waals surface area contributed by atoms with Crippen LogP contribution < -0.4 is 16.7 Å². The molecule has 146 valence electrons. The monoisotopic (exact) mass is 385 g/mol. The van der Waals surface area contributed by atoms with Crippen molar-refractivity contribution in [2.24, 2.45) is 19.2 Å². The van der Waals surface area contributed by atoms with E-state index in [-0.39, 0.29) is 11.3 Å². The standard InChI is InChI=1S/C17H19N7O4/c1-5-23-13-14(21(3)17(26)22(4)15(13)25)18-16(23)20-19-10(2)11-6-8-12(9-7-11)24(27)28/h6-9H,5H2,1-4H3,(H,18,20)/b19-10+. The first-order valence-electron chi connectivity index (χ1n) is 8.47. The number of aryl methyl sites for hydroxylation is 2. The lowest BCUT2D eigenvalue weighted by Crippen LogP contribution is -2.37. The summed E-state index contributed by atoms with van der Waals surface area (Å²) in [5.74, 6) is 0.317. The van der Waals surface area contributed by atoms with E-state index in [4.69, 9.17) is 0 Å². The van der Waals surface area contributed by atoms with Gasteiger partial charge < -0.3 is 4.57 Å². The van der Waals surface area contributed by atoms with Crippen LogP contribution in [0.25, 0.3) is 11.2 Å². The van der Waals surface area contributed by atoms with E-state index in [0.717, 1.165) is 4.57 Å². The summed E-state index contributed by atoms with van der Waals surface area (Å²) in [5.41, 5.74) is 3.76. The highest BCUT2D eigenvalue weighted by Gasteiger charge is 2.18. The minimum absolute atomic E-state index is 0.00551. The number of fused-ring (bicyclic) bond motifs is 1. The Morgan fingerprint density at radius 2 is 1.86 bits per heavy atom. The average Bonchev–Trinajstić information content (AvgIpc) is 3.07. The number of hydrazone groups is 1. The minimum atomic E-state index is -0.469. The number of imidazole rings is 1. The van der Waals surface area contributed by atoms with Crippen LogP contribution >= 0.6 is 0 Å². The molecule has 0 atom stereocenters. The van der Waals surface area contributed by atoms with Gasteiger partial charge in [0.15, 0.2) is 11.2 Å². The van der Waals surface area contributed by atoms with Gasteiger partial charge in [-0.2, -0.15) is 10.1 Å². The molecule has 0 aliphatic heterocycles. The van der Waals surface area contributed by atoms with E-state index in [1.165, 1.54) is 23.7 Å². The van der Waals surface area contributed by atoms with E-state index in [9.17, 15) is 19.7 Å². The number of anilines is 1. The summed E-state index contributed by atoms with van der Waals surface area (Å²) >= 11 is 0. The Morgan fingerprint density at radius 3 is 2.43 bits per heavy atom. The van der Waals surface area contributed by atoms with Gasteiger partial charge in [-0.05, 0) is 31.5 Å². The third kappa shape index (κ3) is 3.06. The second-order valence-electron chi connectivity index (χ2n) is 6.17. The molecule has 2 aromatic heterocycles. The Hall–Kier alpha value is -3.76. The molecule has 0 radical (unpaired) electrons. The molecule has 0 bridgehead atoms. The molecule has 0 fully saturated rings. The number of non-ortho nitro benzene ring substituents is 1. The molecule has 28 heavy (non-hydrogen) atoms. The van der Waals surface area contributed by atoms with E-state index < -0.39 is 16.2 Å². The second kappa shape index (κ2) is 7.10. The van der Waals surface area contributed by atoms with Gasteiger partial charge in [0, 0.05) is 32.8 Å². The largest absolute Gasteiger partial charge is 0.332 e. The van der Waals surface area contributed by atoms with Crippen LogP contribution in [0.1, 0.15) is 19.4 Å². The van der Waals surface area contributed by atoms with Gasteiger partial charge in [-0.15, -0.1) is 0 Å². The number of rotatable bonds is 5. The Morgan fingerprint density at radius 1 is 1.21 bits per heavy atom. The summed E-state index contributed by atoms with van der Waals surface area (Å²) < 4.78 is 3.98. The van der Waals surface area contributed by atoms with Crippen LogP contribution in [-0.4, -0.2) is 29.3 Å². The fraction of sp³-hybridized carbons (Fsp3) is 0.294. The van der Waals surface area contributed by atoms with Gasteiger partial charge in [0.1, 0.15) is 0 Å². The molecule has 3 aromatic rings. The number of benzene rings is 1. The van der Waals surface area contributed by atoms with Gasteiger partial charge >= 0.3 is 5.69 Å². The van der Waals surface area contributed by atoms with Crippen LogP contribution in [0, 0.1) is 10.1 Å². The molecule has 2 heterocycles. The highest BCUT2D eigenvalue weighted by molar-refractivity contribution is 5.99. The zero-order chi connectivity index (χ0) is 20.6. The van der Waals surface area contributed by atoms with Gasteiger partial charge in [0.05, 0.1) is 10.6 Å². The minimum Gasteiger partial charge on any atom is -0.303 e. The number of aromatic nitrogens is 4. The topological polar surface area (TPSA) is 129 Å². The van der Waals surface area contributed by atoms with Crippen LogP contribution in [0.4, 0.5) is 11.6 Å². The predicted octanol–water partition coefficient (Wildman–Crippen LogP) is 1.20. The zero-order valence-corrected chi connectivity index (χ0v) is 15.8. The Balaban J connectivity index is 2.02. The highest BCUT2D eigenvalue weighted by Crippen LogP contribution is 2.16. The van der Waals surface area contributed by atoms with E-state index in [0.29, 0.717) is 29.3 Å². The first kappa shape index (κ1) is 19.0. The Kier molecular flexibility index (Phi) is 4.82. The number of nitro benzene ring substituents is 1. The molecule has 0 aliphatic rings. The number of hydrogen-bond acceptors (Lipinski definition) is 7. The zero-order valence-electron chi connectivity index (χ0n) is 15.8. The summed E-state index contributed by atoms with van der Waals surface area (Å²) in [7, 11) is 2.97. The Labute approximate surface area is 158 Å². The van der Waals surface area contributed by atoms with Crippen molar-refractivity contribution in [2.45, 2.75) is 20.4 Å². The smallest absolute Gasteiger partial charge is 0.303 e. The molecular weight excluding hydrogens is 366 g/mol. The molecule has 1 N–H and O–H groups in total. The maximum Gasteiger partial charge on any atom is 0.332 e. The molecule has 0 amide bonds. The maximum absolute atomic E-state index is 12.5. The first-order chi connectivity index (χ1) is 13.3. The molecule has 11 nitrogen and oxygen atoms in total. The van der Waals surface area contributed by atoms with Crippen molar-refractivity contribution in [1.29, 1.82) is 0 Å². The third-order valence-electron chi connectivity index (χ3n) is 4.48. The van der Waals surface area contributed by atoms with Crippen LogP contribution in [0.15, 0.2) is 39.0 Å². The second-order valence-corrected chi connectivity index (χ2v) is 6.17. The van der Waals surface area contributed by atoms with Gasteiger partial charge in [-0.3, -0.25) is 24.0 Å². The molecule has 0 saturated heterocycles. The van der Waals surface area contributed by atoms with Crippen molar-refractivity contribution >= 4 is 28.5 Å². The van der Waals surface area contributed by atoms with Crippen molar-refractivity contribution in [1.82, 2.24) is 18.7 Å². The van der Waals surface area contributed by atoms with Gasteiger partial charge in [-0.1, -0.05) is 0 Å². The van der Waals surface area contributed by atoms with Crippen LogP contribution in [0.2, 0.25) is 0 Å². The van der Waals surface area contributed by atoms with Gasteiger partial charge in [0.25, 0.3) is 11.2 Å². The summed E-state index contributed by atoms with van der Waals surface area (Å²) in [6.07, 6.45) is 0. The highest BCUT2D eigenvalue weighted by atomic mass is 16.6. The fourth-order valence-electron chi connectivity index (χ4n) is 2.86.